The fourth-order valence-corrected chi connectivity index (χ4v) is 1.57. The van der Waals surface area contributed by atoms with Gasteiger partial charge in [-0.25, -0.2) is 9.78 Å². The van der Waals surface area contributed by atoms with Gasteiger partial charge >= 0.3 is 5.97 Å². The number of carboxylic acids is 1. The van der Waals surface area contributed by atoms with Gasteiger partial charge in [-0.15, -0.1) is 0 Å². The van der Waals surface area contributed by atoms with Crippen LogP contribution in [0.3, 0.4) is 0 Å². The Morgan fingerprint density at radius 1 is 1.33 bits per heavy atom. The second-order valence-electron chi connectivity index (χ2n) is 4.47. The van der Waals surface area contributed by atoms with Gasteiger partial charge in [0, 0.05) is 26.0 Å². The summed E-state index contributed by atoms with van der Waals surface area (Å²) >= 11 is 0. The van der Waals surface area contributed by atoms with Crippen molar-refractivity contribution in [2.24, 2.45) is 0 Å². The highest BCUT2D eigenvalue weighted by Crippen LogP contribution is 2.15. The molecule has 3 N–H and O–H groups in total. The molecule has 0 aliphatic heterocycles. The summed E-state index contributed by atoms with van der Waals surface area (Å²) in [7, 11) is 0. The van der Waals surface area contributed by atoms with Gasteiger partial charge < -0.3 is 20.3 Å². The van der Waals surface area contributed by atoms with Gasteiger partial charge in [0.25, 0.3) is 5.91 Å². The molecule has 0 atom stereocenters. The van der Waals surface area contributed by atoms with Gasteiger partial charge in [-0.3, -0.25) is 4.79 Å². The third-order valence-corrected chi connectivity index (χ3v) is 2.73. The Bertz CT molecular complexity index is 490. The van der Waals surface area contributed by atoms with E-state index in [9.17, 15) is 14.7 Å². The Morgan fingerprint density at radius 3 is 2.67 bits per heavy atom. The first-order chi connectivity index (χ1) is 10.1. The van der Waals surface area contributed by atoms with Crippen molar-refractivity contribution in [3.8, 4) is 5.75 Å². The van der Waals surface area contributed by atoms with Crippen LogP contribution >= 0.6 is 0 Å². The number of ether oxygens (including phenoxy) is 1. The summed E-state index contributed by atoms with van der Waals surface area (Å²) in [6.07, 6.45) is 3.91. The van der Waals surface area contributed by atoms with E-state index in [1.807, 2.05) is 0 Å². The molecule has 1 rings (SSSR count). The van der Waals surface area contributed by atoms with Gasteiger partial charge in [0.2, 0.25) is 0 Å². The number of aromatic hydroxyl groups is 1. The first-order valence-corrected chi connectivity index (χ1v) is 6.84. The molecule has 7 nitrogen and oxygen atoms in total. The number of hydrogen-bond donors (Lipinski definition) is 3. The second-order valence-corrected chi connectivity index (χ2v) is 4.47. The van der Waals surface area contributed by atoms with E-state index >= 15 is 0 Å². The molecule has 1 aromatic heterocycles. The quantitative estimate of drug-likeness (QED) is 0.595. The normalized spacial score (nSPS) is 10.3. The summed E-state index contributed by atoms with van der Waals surface area (Å²) in [6, 6.07) is 1.09. The molecule has 21 heavy (non-hydrogen) atoms. The Balaban J connectivity index is 2.35. The van der Waals surface area contributed by atoms with Crippen LogP contribution in [0, 0.1) is 0 Å². The molecule has 0 saturated heterocycles. The van der Waals surface area contributed by atoms with Crippen LogP contribution in [0.2, 0.25) is 0 Å². The van der Waals surface area contributed by atoms with Crippen molar-refractivity contribution in [3.63, 3.8) is 0 Å². The maximum atomic E-state index is 11.8. The molecule has 0 aliphatic carbocycles. The lowest BCUT2D eigenvalue weighted by Crippen LogP contribution is -2.25. The highest BCUT2D eigenvalue weighted by atomic mass is 16.5. The van der Waals surface area contributed by atoms with Crippen LogP contribution in [0.1, 0.15) is 47.0 Å². The minimum atomic E-state index is -1.34. The maximum absolute atomic E-state index is 11.8. The molecule has 0 aromatic carbocycles. The Kier molecular flexibility index (Phi) is 7.17. The van der Waals surface area contributed by atoms with E-state index in [1.165, 1.54) is 0 Å². The van der Waals surface area contributed by atoms with Crippen LogP contribution in [0.4, 0.5) is 0 Å². The van der Waals surface area contributed by atoms with Crippen molar-refractivity contribution in [2.75, 3.05) is 19.8 Å². The Labute approximate surface area is 123 Å². The number of nitrogens with one attached hydrogen (secondary N) is 1. The molecule has 0 fully saturated rings. The second kappa shape index (κ2) is 8.91. The number of carbonyl (C=O) groups is 2. The number of carboxylic acid groups (broad SMARTS) is 1. The van der Waals surface area contributed by atoms with Crippen LogP contribution in [-0.2, 0) is 4.74 Å². The topological polar surface area (TPSA) is 109 Å². The van der Waals surface area contributed by atoms with Crippen LogP contribution in [0.15, 0.2) is 12.3 Å². The van der Waals surface area contributed by atoms with Gasteiger partial charge in [0.05, 0.1) is 5.56 Å². The minimum Gasteiger partial charge on any atom is -0.505 e. The van der Waals surface area contributed by atoms with Crippen molar-refractivity contribution in [3.05, 3.63) is 23.5 Å². The zero-order valence-electron chi connectivity index (χ0n) is 12.0. The van der Waals surface area contributed by atoms with Crippen LogP contribution in [0.5, 0.6) is 5.75 Å². The number of aromatic carboxylic acids is 1. The van der Waals surface area contributed by atoms with Crippen molar-refractivity contribution < 1.29 is 24.5 Å². The first-order valence-electron chi connectivity index (χ1n) is 6.84. The average molecular weight is 296 g/mol. The van der Waals surface area contributed by atoms with Crippen molar-refractivity contribution in [1.82, 2.24) is 10.3 Å². The predicted octanol–water partition coefficient (Wildman–Crippen LogP) is 1.42. The molecule has 0 radical (unpaired) electrons. The number of amides is 1. The number of pyridine rings is 1. The van der Waals surface area contributed by atoms with E-state index in [4.69, 9.17) is 9.84 Å². The van der Waals surface area contributed by atoms with Crippen molar-refractivity contribution in [1.29, 1.82) is 0 Å². The summed E-state index contributed by atoms with van der Waals surface area (Å²) < 4.78 is 5.35. The Hall–Kier alpha value is -2.15. The van der Waals surface area contributed by atoms with Gasteiger partial charge in [-0.1, -0.05) is 13.3 Å². The van der Waals surface area contributed by atoms with Crippen LogP contribution < -0.4 is 5.32 Å². The van der Waals surface area contributed by atoms with Crippen molar-refractivity contribution in [2.45, 2.75) is 26.2 Å². The molecule has 1 amide bonds. The molecule has 0 spiro atoms. The maximum Gasteiger partial charge on any atom is 0.358 e. The third kappa shape index (κ3) is 5.78. The number of nitrogens with zero attached hydrogens (tertiary/aromatic N) is 1. The van der Waals surface area contributed by atoms with Gasteiger partial charge in [0.15, 0.2) is 5.69 Å². The highest BCUT2D eigenvalue weighted by Gasteiger charge is 2.14. The number of unbranched alkanes of at least 4 members (excludes halogenated alkanes) is 1. The lowest BCUT2D eigenvalue weighted by Gasteiger charge is -2.07. The number of aromatic nitrogens is 1. The smallest absolute Gasteiger partial charge is 0.358 e. The van der Waals surface area contributed by atoms with Crippen molar-refractivity contribution >= 4 is 11.9 Å². The molecular formula is C14H20N2O5. The summed E-state index contributed by atoms with van der Waals surface area (Å²) in [5.41, 5.74) is -0.361. The summed E-state index contributed by atoms with van der Waals surface area (Å²) in [5, 5.41) is 20.8. The zero-order valence-corrected chi connectivity index (χ0v) is 12.0. The zero-order chi connectivity index (χ0) is 15.7. The lowest BCUT2D eigenvalue weighted by molar-refractivity contribution is 0.0686. The van der Waals surface area contributed by atoms with E-state index < -0.39 is 23.3 Å². The summed E-state index contributed by atoms with van der Waals surface area (Å²) in [6.45, 7) is 3.82. The van der Waals surface area contributed by atoms with Crippen LogP contribution in [0.25, 0.3) is 0 Å². The fourth-order valence-electron chi connectivity index (χ4n) is 1.57. The summed E-state index contributed by atoms with van der Waals surface area (Å²) in [5.74, 6) is -2.29. The molecule has 0 aliphatic rings. The fraction of sp³-hybridized carbons (Fsp3) is 0.500. The molecule has 0 saturated carbocycles. The molecule has 0 unspecified atom stereocenters. The van der Waals surface area contributed by atoms with E-state index in [2.05, 4.69) is 17.2 Å². The SMILES string of the molecule is CCCCOCCCNC(=O)c1cnc(C(=O)O)c(O)c1. The van der Waals surface area contributed by atoms with E-state index in [0.29, 0.717) is 19.6 Å². The summed E-state index contributed by atoms with van der Waals surface area (Å²) in [4.78, 5) is 26.0. The predicted molar refractivity (Wildman–Crippen MR) is 75.5 cm³/mol. The minimum absolute atomic E-state index is 0.115. The molecular weight excluding hydrogens is 276 g/mol. The highest BCUT2D eigenvalue weighted by molar-refractivity contribution is 5.96. The van der Waals surface area contributed by atoms with E-state index in [0.717, 1.165) is 31.7 Å². The van der Waals surface area contributed by atoms with E-state index in [1.54, 1.807) is 0 Å². The largest absolute Gasteiger partial charge is 0.505 e. The third-order valence-electron chi connectivity index (χ3n) is 2.73. The first kappa shape index (κ1) is 16.9. The number of hydrogen-bond acceptors (Lipinski definition) is 5. The van der Waals surface area contributed by atoms with Gasteiger partial charge in [-0.05, 0) is 18.9 Å². The molecule has 1 heterocycles. The number of rotatable bonds is 9. The number of carbonyl (C=O) groups excluding carboxylic acids is 1. The Morgan fingerprint density at radius 2 is 2.05 bits per heavy atom. The van der Waals surface area contributed by atoms with Gasteiger partial charge in [-0.2, -0.15) is 0 Å². The molecule has 7 heteroatoms. The molecule has 116 valence electrons. The lowest BCUT2D eigenvalue weighted by atomic mass is 10.2. The van der Waals surface area contributed by atoms with Crippen LogP contribution in [-0.4, -0.2) is 46.8 Å². The average Bonchev–Trinajstić information content (AvgIpc) is 2.45. The van der Waals surface area contributed by atoms with Gasteiger partial charge in [0.1, 0.15) is 5.75 Å². The molecule has 1 aromatic rings. The standard InChI is InChI=1S/C14H20N2O5/c1-2-3-6-21-7-4-5-15-13(18)10-8-11(17)12(14(19)20)16-9-10/h8-9,17H,2-7H2,1H3,(H,15,18)(H,19,20). The van der Waals surface area contributed by atoms with E-state index in [-0.39, 0.29) is 5.56 Å². The molecule has 0 bridgehead atoms. The monoisotopic (exact) mass is 296 g/mol.